The van der Waals surface area contributed by atoms with Gasteiger partial charge < -0.3 is 14.7 Å². The quantitative estimate of drug-likeness (QED) is 0.453. The maximum atomic E-state index is 12.9. The highest BCUT2D eigenvalue weighted by atomic mass is 32.1. The van der Waals surface area contributed by atoms with E-state index in [-0.39, 0.29) is 28.6 Å². The Morgan fingerprint density at radius 3 is 2.70 bits per heavy atom. The van der Waals surface area contributed by atoms with E-state index in [1.807, 2.05) is 0 Å². The number of hydrogen-bond acceptors (Lipinski definition) is 6. The zero-order chi connectivity index (χ0) is 20.0. The molecule has 3 amide bonds. The number of nitrogens with one attached hydrogen (secondary N) is 2. The van der Waals surface area contributed by atoms with E-state index in [1.165, 1.54) is 16.4 Å². The number of fused-ring (bicyclic) bond motifs is 2. The molecular weight excluding hydrogens is 382 g/mol. The Labute approximate surface area is 164 Å². The van der Waals surface area contributed by atoms with Gasteiger partial charge in [0, 0.05) is 11.9 Å². The third-order valence-corrected chi connectivity index (χ3v) is 10.6. The lowest BCUT2D eigenvalue weighted by molar-refractivity contribution is -0.0426. The first-order chi connectivity index (χ1) is 12.5. The van der Waals surface area contributed by atoms with E-state index < -0.39 is 20.3 Å². The van der Waals surface area contributed by atoms with Crippen molar-refractivity contribution in [3.8, 4) is 0 Å². The second kappa shape index (κ2) is 6.99. The average Bonchev–Trinajstić information content (AvgIpc) is 3.18. The van der Waals surface area contributed by atoms with Gasteiger partial charge in [-0.25, -0.2) is 14.8 Å². The summed E-state index contributed by atoms with van der Waals surface area (Å²) in [6.07, 6.45) is 1.38. The Balaban J connectivity index is 1.69. The number of nitrogens with zero attached hydrogens (tertiary/aromatic N) is 3. The number of rotatable bonds is 4. The maximum absolute atomic E-state index is 12.9. The molecule has 2 atom stereocenters. The molecule has 148 valence electrons. The number of hydrogen-bond donors (Lipinski definition) is 2. The minimum Gasteiger partial charge on any atom is -0.315 e. The van der Waals surface area contributed by atoms with Crippen molar-refractivity contribution in [3.05, 3.63) is 16.6 Å². The number of carbonyl (C=O) groups excluding carboxylic acids is 2. The smallest absolute Gasteiger partial charge is 0.315 e. The summed E-state index contributed by atoms with van der Waals surface area (Å²) in [6, 6.07) is -0.644. The minimum absolute atomic E-state index is 0.00455. The number of aromatic nitrogens is 1. The van der Waals surface area contributed by atoms with E-state index in [9.17, 15) is 9.59 Å². The molecule has 8 nitrogen and oxygen atoms in total. The van der Waals surface area contributed by atoms with Gasteiger partial charge in [0.05, 0.1) is 17.6 Å². The Morgan fingerprint density at radius 2 is 2.11 bits per heavy atom. The molecule has 1 aromatic rings. The molecule has 0 radical (unpaired) electrons. The molecule has 2 saturated heterocycles. The van der Waals surface area contributed by atoms with Gasteiger partial charge in [-0.2, -0.15) is 0 Å². The lowest BCUT2D eigenvalue weighted by atomic mass is 10.00. The molecule has 0 saturated carbocycles. The second-order valence-electron chi connectivity index (χ2n) is 8.60. The molecule has 0 unspecified atom stereocenters. The van der Waals surface area contributed by atoms with Crippen LogP contribution in [0.25, 0.3) is 0 Å². The van der Waals surface area contributed by atoms with Crippen molar-refractivity contribution >= 4 is 37.4 Å². The van der Waals surface area contributed by atoms with E-state index in [0.29, 0.717) is 13.0 Å². The standard InChI is InChI=1S/C17H27N5O3SSi/c1-17(2,3)27(4,5)25-22-11-6-7-13(21(8-11)16(22)24)14(18)20-15(23)12-9-26-10-19-12/h9-11,13H,6-8H2,1-5H3,(H2,18,20,23)/t11-,13+/m1/s1. The zero-order valence-corrected chi connectivity index (χ0v) is 18.2. The number of hydroxylamine groups is 2. The van der Waals surface area contributed by atoms with Crippen LogP contribution in [-0.4, -0.2) is 59.7 Å². The predicted octanol–water partition coefficient (Wildman–Crippen LogP) is 3.06. The summed E-state index contributed by atoms with van der Waals surface area (Å²) in [4.78, 5) is 30.7. The largest absolute Gasteiger partial charge is 0.343 e. The number of urea groups is 1. The molecule has 3 rings (SSSR count). The highest BCUT2D eigenvalue weighted by molar-refractivity contribution is 7.07. The van der Waals surface area contributed by atoms with Gasteiger partial charge in [-0.05, 0) is 31.0 Å². The van der Waals surface area contributed by atoms with Crippen LogP contribution in [0.1, 0.15) is 44.1 Å². The van der Waals surface area contributed by atoms with Crippen LogP contribution in [0.15, 0.2) is 10.9 Å². The highest BCUT2D eigenvalue weighted by Crippen LogP contribution is 2.40. The summed E-state index contributed by atoms with van der Waals surface area (Å²) in [5, 5.41) is 14.1. The van der Waals surface area contributed by atoms with E-state index in [4.69, 9.17) is 9.94 Å². The van der Waals surface area contributed by atoms with Gasteiger partial charge in [0.25, 0.3) is 5.91 Å². The zero-order valence-electron chi connectivity index (χ0n) is 16.4. The molecule has 2 bridgehead atoms. The molecule has 2 N–H and O–H groups in total. The van der Waals surface area contributed by atoms with Gasteiger partial charge >= 0.3 is 6.03 Å². The number of thiazole rings is 1. The van der Waals surface area contributed by atoms with Crippen LogP contribution in [0.3, 0.4) is 0 Å². The van der Waals surface area contributed by atoms with Crippen LogP contribution in [0.5, 0.6) is 0 Å². The van der Waals surface area contributed by atoms with E-state index in [1.54, 1.807) is 15.8 Å². The first-order valence-corrected chi connectivity index (χ1v) is 12.9. The fourth-order valence-corrected chi connectivity index (χ4v) is 4.55. The van der Waals surface area contributed by atoms with E-state index in [0.717, 1.165) is 6.42 Å². The van der Waals surface area contributed by atoms with Crippen LogP contribution in [-0.2, 0) is 4.53 Å². The van der Waals surface area contributed by atoms with Gasteiger partial charge in [-0.15, -0.1) is 11.3 Å². The number of amides is 3. The van der Waals surface area contributed by atoms with Gasteiger partial charge in [0.2, 0.25) is 8.32 Å². The van der Waals surface area contributed by atoms with Crippen molar-refractivity contribution in [1.29, 1.82) is 5.41 Å². The van der Waals surface area contributed by atoms with Crippen molar-refractivity contribution in [1.82, 2.24) is 20.3 Å². The summed E-state index contributed by atoms with van der Waals surface area (Å²) in [7, 11) is -2.14. The summed E-state index contributed by atoms with van der Waals surface area (Å²) in [5.41, 5.74) is 1.86. The monoisotopic (exact) mass is 409 g/mol. The molecule has 2 fully saturated rings. The number of piperidine rings is 1. The maximum Gasteiger partial charge on any atom is 0.343 e. The first kappa shape index (κ1) is 20.0. The fourth-order valence-electron chi connectivity index (χ4n) is 3.03. The summed E-state index contributed by atoms with van der Waals surface area (Å²) >= 11 is 1.32. The number of carbonyl (C=O) groups is 2. The van der Waals surface area contributed by atoms with Crippen molar-refractivity contribution in [3.63, 3.8) is 0 Å². The third kappa shape index (κ3) is 3.78. The predicted molar refractivity (Wildman–Crippen MR) is 106 cm³/mol. The molecule has 3 heterocycles. The SMILES string of the molecule is CC(C)(C)[Si](C)(C)ON1C(=O)N2C[C@H]1CC[C@H]2C(=N)NC(=O)c1cscn1. The van der Waals surface area contributed by atoms with Crippen LogP contribution in [0.4, 0.5) is 4.79 Å². The van der Waals surface area contributed by atoms with Gasteiger partial charge in [-0.3, -0.25) is 10.2 Å². The molecule has 0 aliphatic carbocycles. The van der Waals surface area contributed by atoms with Gasteiger partial charge in [-0.1, -0.05) is 20.8 Å². The van der Waals surface area contributed by atoms with Crippen LogP contribution in [0.2, 0.25) is 18.1 Å². The van der Waals surface area contributed by atoms with Crippen LogP contribution in [0, 0.1) is 5.41 Å². The Kier molecular flexibility index (Phi) is 5.17. The Morgan fingerprint density at radius 1 is 1.41 bits per heavy atom. The van der Waals surface area contributed by atoms with E-state index in [2.05, 4.69) is 44.2 Å². The van der Waals surface area contributed by atoms with E-state index >= 15 is 0 Å². The minimum atomic E-state index is -2.14. The Bertz CT molecular complexity index is 746. The van der Waals surface area contributed by atoms with Crippen LogP contribution < -0.4 is 5.32 Å². The van der Waals surface area contributed by atoms with Crippen molar-refractivity contribution < 1.29 is 14.1 Å². The normalized spacial score (nSPS) is 22.9. The first-order valence-electron chi connectivity index (χ1n) is 9.08. The van der Waals surface area contributed by atoms with Crippen molar-refractivity contribution in [2.24, 2.45) is 0 Å². The van der Waals surface area contributed by atoms with Crippen LogP contribution >= 0.6 is 11.3 Å². The average molecular weight is 410 g/mol. The summed E-state index contributed by atoms with van der Waals surface area (Å²) < 4.78 is 6.27. The molecular formula is C17H27N5O3SSi. The fraction of sp³-hybridized carbons (Fsp3) is 0.647. The lowest BCUT2D eigenvalue weighted by Crippen LogP contribution is -2.51. The third-order valence-electron chi connectivity index (χ3n) is 5.70. The van der Waals surface area contributed by atoms with Gasteiger partial charge in [0.1, 0.15) is 11.5 Å². The topological polar surface area (TPSA) is 98.6 Å². The Hall–Kier alpha value is -1.78. The molecule has 0 aromatic carbocycles. The molecule has 27 heavy (non-hydrogen) atoms. The molecule has 0 spiro atoms. The van der Waals surface area contributed by atoms with Crippen molar-refractivity contribution in [2.75, 3.05) is 6.54 Å². The highest BCUT2D eigenvalue weighted by Gasteiger charge is 2.50. The summed E-state index contributed by atoms with van der Waals surface area (Å²) in [6.45, 7) is 11.2. The van der Waals surface area contributed by atoms with Crippen molar-refractivity contribution in [2.45, 2.75) is 63.8 Å². The number of amidine groups is 1. The van der Waals surface area contributed by atoms with Gasteiger partial charge in [0.15, 0.2) is 0 Å². The molecule has 1 aromatic heterocycles. The summed E-state index contributed by atoms with van der Waals surface area (Å²) in [5.74, 6) is -0.377. The lowest BCUT2D eigenvalue weighted by Gasteiger charge is -2.39. The molecule has 10 heteroatoms. The molecule has 2 aliphatic rings. The molecule has 2 aliphatic heterocycles. The second-order valence-corrected chi connectivity index (χ2v) is 14.0.